The number of ether oxygens (including phenoxy) is 1. The zero-order valence-electron chi connectivity index (χ0n) is 20.0. The first kappa shape index (κ1) is 23.8. The van der Waals surface area contributed by atoms with Gasteiger partial charge in [0.25, 0.3) is 0 Å². The van der Waals surface area contributed by atoms with Crippen LogP contribution in [-0.4, -0.2) is 11.6 Å². The second kappa shape index (κ2) is 13.6. The standard InChI is InChI=1S/C29H43NO/c1-3-5-7-10-24-12-14-25(15-13-24)11-8-22-31-28-19-17-27(18-20-28)29-21-16-26(23-30-29)9-6-4-2/h16-21,23-25H,3-15,22H2,1-2H3/t24-,25-. The molecule has 1 aromatic carbocycles. The fraction of sp³-hybridized carbons (Fsp3) is 0.621. The van der Waals surface area contributed by atoms with Crippen LogP contribution < -0.4 is 4.74 Å². The first-order valence-corrected chi connectivity index (χ1v) is 13.0. The van der Waals surface area contributed by atoms with E-state index in [-0.39, 0.29) is 0 Å². The summed E-state index contributed by atoms with van der Waals surface area (Å²) < 4.78 is 6.02. The van der Waals surface area contributed by atoms with Crippen LogP contribution in [0.15, 0.2) is 42.6 Å². The highest BCUT2D eigenvalue weighted by Crippen LogP contribution is 2.34. The van der Waals surface area contributed by atoms with Crippen LogP contribution in [0.25, 0.3) is 11.3 Å². The van der Waals surface area contributed by atoms with Crippen molar-refractivity contribution in [2.45, 2.75) is 97.3 Å². The summed E-state index contributed by atoms with van der Waals surface area (Å²) >= 11 is 0. The van der Waals surface area contributed by atoms with Crippen LogP contribution in [0.2, 0.25) is 0 Å². The normalized spacial score (nSPS) is 18.8. The van der Waals surface area contributed by atoms with Crippen molar-refractivity contribution in [3.05, 3.63) is 48.2 Å². The number of hydrogen-bond acceptors (Lipinski definition) is 2. The van der Waals surface area contributed by atoms with Crippen LogP contribution in [0.3, 0.4) is 0 Å². The lowest BCUT2D eigenvalue weighted by molar-refractivity contribution is 0.228. The Bertz CT molecular complexity index is 713. The molecule has 0 amide bonds. The fourth-order valence-electron chi connectivity index (χ4n) is 4.90. The number of benzene rings is 1. The quantitative estimate of drug-likeness (QED) is 0.302. The van der Waals surface area contributed by atoms with Crippen molar-refractivity contribution < 1.29 is 4.74 Å². The monoisotopic (exact) mass is 421 g/mol. The number of aryl methyl sites for hydroxylation is 1. The SMILES string of the molecule is CCCCC[C@H]1CC[C@H](CCCOc2ccc(-c3ccc(CCCC)cn3)cc2)CC1. The molecule has 2 aromatic rings. The third-order valence-corrected chi connectivity index (χ3v) is 7.00. The Morgan fingerprint density at radius 2 is 1.45 bits per heavy atom. The van der Waals surface area contributed by atoms with Crippen molar-refractivity contribution in [1.82, 2.24) is 4.98 Å². The van der Waals surface area contributed by atoms with Gasteiger partial charge in [-0.15, -0.1) is 0 Å². The molecule has 0 unspecified atom stereocenters. The van der Waals surface area contributed by atoms with Crippen molar-refractivity contribution in [2.75, 3.05) is 6.61 Å². The van der Waals surface area contributed by atoms with Gasteiger partial charge in [0, 0.05) is 11.8 Å². The zero-order valence-corrected chi connectivity index (χ0v) is 20.0. The van der Waals surface area contributed by atoms with Crippen LogP contribution >= 0.6 is 0 Å². The maximum atomic E-state index is 6.02. The van der Waals surface area contributed by atoms with Crippen LogP contribution in [0.1, 0.15) is 96.5 Å². The average molecular weight is 422 g/mol. The van der Waals surface area contributed by atoms with Gasteiger partial charge in [0.2, 0.25) is 0 Å². The van der Waals surface area contributed by atoms with Crippen LogP contribution in [0.5, 0.6) is 5.75 Å². The minimum Gasteiger partial charge on any atom is -0.494 e. The minimum absolute atomic E-state index is 0.833. The summed E-state index contributed by atoms with van der Waals surface area (Å²) in [5.41, 5.74) is 3.53. The molecule has 3 rings (SSSR count). The largest absolute Gasteiger partial charge is 0.494 e. The predicted octanol–water partition coefficient (Wildman–Crippen LogP) is 8.64. The molecule has 0 radical (unpaired) electrons. The second-order valence-electron chi connectivity index (χ2n) is 9.55. The third-order valence-electron chi connectivity index (χ3n) is 7.00. The molecule has 0 N–H and O–H groups in total. The maximum Gasteiger partial charge on any atom is 0.119 e. The molecule has 1 aromatic heterocycles. The molecule has 0 spiro atoms. The van der Waals surface area contributed by atoms with E-state index < -0.39 is 0 Å². The van der Waals surface area contributed by atoms with E-state index in [0.29, 0.717) is 0 Å². The van der Waals surface area contributed by atoms with Gasteiger partial charge in [-0.05, 0) is 73.4 Å². The summed E-state index contributed by atoms with van der Waals surface area (Å²) in [5.74, 6) is 2.92. The molecular weight excluding hydrogens is 378 g/mol. The molecule has 0 saturated heterocycles. The molecular formula is C29H43NO. The fourth-order valence-corrected chi connectivity index (χ4v) is 4.90. The lowest BCUT2D eigenvalue weighted by atomic mass is 9.78. The van der Waals surface area contributed by atoms with Crippen LogP contribution in [0.4, 0.5) is 0 Å². The minimum atomic E-state index is 0.833. The Balaban J connectivity index is 1.33. The van der Waals surface area contributed by atoms with E-state index in [2.05, 4.69) is 55.2 Å². The second-order valence-corrected chi connectivity index (χ2v) is 9.55. The zero-order chi connectivity index (χ0) is 21.7. The molecule has 2 nitrogen and oxygen atoms in total. The van der Waals surface area contributed by atoms with E-state index in [1.54, 1.807) is 0 Å². The summed E-state index contributed by atoms with van der Waals surface area (Å²) in [5, 5.41) is 0. The smallest absolute Gasteiger partial charge is 0.119 e. The summed E-state index contributed by atoms with van der Waals surface area (Å²) in [6.45, 7) is 5.36. The van der Waals surface area contributed by atoms with E-state index in [1.807, 2.05) is 6.20 Å². The molecule has 1 aliphatic carbocycles. The summed E-state index contributed by atoms with van der Waals surface area (Å²) in [4.78, 5) is 4.64. The molecule has 1 saturated carbocycles. The molecule has 170 valence electrons. The van der Waals surface area contributed by atoms with Crippen molar-refractivity contribution in [1.29, 1.82) is 0 Å². The topological polar surface area (TPSA) is 22.1 Å². The van der Waals surface area contributed by atoms with Gasteiger partial charge in [0.05, 0.1) is 12.3 Å². The Morgan fingerprint density at radius 1 is 0.774 bits per heavy atom. The van der Waals surface area contributed by atoms with Gasteiger partial charge in [-0.2, -0.15) is 0 Å². The average Bonchev–Trinajstić information content (AvgIpc) is 2.82. The highest BCUT2D eigenvalue weighted by Gasteiger charge is 2.20. The molecule has 0 aliphatic heterocycles. The Kier molecular flexibility index (Phi) is 10.4. The van der Waals surface area contributed by atoms with Gasteiger partial charge in [-0.1, -0.05) is 77.7 Å². The Hall–Kier alpha value is -1.83. The molecule has 31 heavy (non-hydrogen) atoms. The molecule has 1 fully saturated rings. The van der Waals surface area contributed by atoms with Crippen molar-refractivity contribution >= 4 is 0 Å². The first-order chi connectivity index (χ1) is 15.3. The van der Waals surface area contributed by atoms with E-state index >= 15 is 0 Å². The first-order valence-electron chi connectivity index (χ1n) is 13.0. The van der Waals surface area contributed by atoms with Gasteiger partial charge in [-0.25, -0.2) is 0 Å². The molecule has 0 atom stereocenters. The van der Waals surface area contributed by atoms with Gasteiger partial charge >= 0.3 is 0 Å². The maximum absolute atomic E-state index is 6.02. The van der Waals surface area contributed by atoms with Gasteiger partial charge in [0.15, 0.2) is 0 Å². The van der Waals surface area contributed by atoms with E-state index in [4.69, 9.17) is 4.74 Å². The van der Waals surface area contributed by atoms with E-state index in [9.17, 15) is 0 Å². The van der Waals surface area contributed by atoms with E-state index in [1.165, 1.54) is 82.6 Å². The summed E-state index contributed by atoms with van der Waals surface area (Å²) in [6.07, 6.45) is 19.6. The molecule has 0 bridgehead atoms. The molecule has 1 heterocycles. The van der Waals surface area contributed by atoms with Crippen LogP contribution in [-0.2, 0) is 6.42 Å². The number of hydrogen-bond donors (Lipinski definition) is 0. The van der Waals surface area contributed by atoms with Gasteiger partial charge in [-0.3, -0.25) is 4.98 Å². The Morgan fingerprint density at radius 3 is 2.06 bits per heavy atom. The molecule has 1 aliphatic rings. The van der Waals surface area contributed by atoms with E-state index in [0.717, 1.165) is 41.9 Å². The third kappa shape index (κ3) is 8.31. The number of unbranched alkanes of at least 4 members (excludes halogenated alkanes) is 3. The summed E-state index contributed by atoms with van der Waals surface area (Å²) in [6, 6.07) is 12.8. The number of nitrogens with zero attached hydrogens (tertiary/aromatic N) is 1. The lowest BCUT2D eigenvalue weighted by Gasteiger charge is -2.28. The lowest BCUT2D eigenvalue weighted by Crippen LogP contribution is -2.15. The van der Waals surface area contributed by atoms with Gasteiger partial charge < -0.3 is 4.74 Å². The number of rotatable bonds is 13. The highest BCUT2D eigenvalue weighted by molar-refractivity contribution is 5.60. The van der Waals surface area contributed by atoms with Gasteiger partial charge in [0.1, 0.15) is 5.75 Å². The Labute approximate surface area is 190 Å². The highest BCUT2D eigenvalue weighted by atomic mass is 16.5. The van der Waals surface area contributed by atoms with Crippen molar-refractivity contribution in [3.8, 4) is 17.0 Å². The molecule has 2 heteroatoms. The van der Waals surface area contributed by atoms with Crippen molar-refractivity contribution in [3.63, 3.8) is 0 Å². The number of pyridine rings is 1. The summed E-state index contributed by atoms with van der Waals surface area (Å²) in [7, 11) is 0. The van der Waals surface area contributed by atoms with Crippen molar-refractivity contribution in [2.24, 2.45) is 11.8 Å². The predicted molar refractivity (Wildman–Crippen MR) is 133 cm³/mol. The van der Waals surface area contributed by atoms with Crippen LogP contribution in [0, 0.1) is 11.8 Å². The number of aromatic nitrogens is 1.